The van der Waals surface area contributed by atoms with Gasteiger partial charge in [0.05, 0.1) is 26.9 Å². The van der Waals surface area contributed by atoms with Gasteiger partial charge in [-0.3, -0.25) is 4.79 Å². The monoisotopic (exact) mass is 470 g/mol. The number of nitrogens with zero attached hydrogens (tertiary/aromatic N) is 2. The second-order valence-electron chi connectivity index (χ2n) is 8.69. The van der Waals surface area contributed by atoms with Crippen molar-refractivity contribution in [1.82, 2.24) is 9.80 Å². The summed E-state index contributed by atoms with van der Waals surface area (Å²) < 4.78 is 30.6. The molecule has 34 heavy (non-hydrogen) atoms. The second kappa shape index (κ2) is 11.9. The molecule has 0 aromatic heterocycles. The standard InChI is InChI=1S/C27H35FN2O4/c1-19(17-20-9-6-7-11-23(20)28)18-30(16-14-21-10-8-15-29(21)2)27(31)22-12-13-24(32-3)26(34-5)25(22)33-4/h6-7,9,11-13,17,21H,8,10,14-16,18H2,1-5H3/b19-17+. The van der Waals surface area contributed by atoms with Crippen molar-refractivity contribution in [2.24, 2.45) is 0 Å². The topological polar surface area (TPSA) is 51.2 Å². The molecule has 1 saturated heterocycles. The Labute approximate surface area is 201 Å². The average molecular weight is 471 g/mol. The zero-order valence-electron chi connectivity index (χ0n) is 20.8. The van der Waals surface area contributed by atoms with E-state index in [4.69, 9.17) is 14.2 Å². The van der Waals surface area contributed by atoms with Crippen LogP contribution in [0.25, 0.3) is 6.08 Å². The maximum atomic E-state index is 14.2. The number of halogens is 1. The number of benzene rings is 2. The van der Waals surface area contributed by atoms with Crippen LogP contribution >= 0.6 is 0 Å². The minimum absolute atomic E-state index is 0.167. The van der Waals surface area contributed by atoms with Crippen LogP contribution in [0.3, 0.4) is 0 Å². The molecule has 1 heterocycles. The number of hydrogen-bond donors (Lipinski definition) is 0. The molecule has 1 amide bonds. The largest absolute Gasteiger partial charge is 0.493 e. The molecule has 0 bridgehead atoms. The van der Waals surface area contributed by atoms with E-state index in [2.05, 4.69) is 11.9 Å². The van der Waals surface area contributed by atoms with Gasteiger partial charge in [0.2, 0.25) is 5.75 Å². The predicted octanol–water partition coefficient (Wildman–Crippen LogP) is 4.88. The van der Waals surface area contributed by atoms with Crippen molar-refractivity contribution >= 4 is 12.0 Å². The summed E-state index contributed by atoms with van der Waals surface area (Å²) in [4.78, 5) is 17.9. The number of ether oxygens (including phenoxy) is 3. The summed E-state index contributed by atoms with van der Waals surface area (Å²) in [5.74, 6) is 0.759. The highest BCUT2D eigenvalue weighted by atomic mass is 19.1. The molecule has 1 aliphatic heterocycles. The molecule has 0 aliphatic carbocycles. The number of carbonyl (C=O) groups is 1. The zero-order valence-corrected chi connectivity index (χ0v) is 20.8. The van der Waals surface area contributed by atoms with E-state index in [0.717, 1.165) is 25.0 Å². The van der Waals surface area contributed by atoms with Crippen LogP contribution in [0.5, 0.6) is 17.2 Å². The van der Waals surface area contributed by atoms with Gasteiger partial charge in [-0.1, -0.05) is 29.8 Å². The van der Waals surface area contributed by atoms with Crippen LogP contribution in [-0.4, -0.2) is 69.8 Å². The summed E-state index contributed by atoms with van der Waals surface area (Å²) in [5.41, 5.74) is 1.79. The summed E-state index contributed by atoms with van der Waals surface area (Å²) in [5, 5.41) is 0. The molecule has 7 heteroatoms. The van der Waals surface area contributed by atoms with Gasteiger partial charge in [0, 0.05) is 24.7 Å². The van der Waals surface area contributed by atoms with Crippen molar-refractivity contribution in [2.75, 3.05) is 48.0 Å². The van der Waals surface area contributed by atoms with E-state index in [1.54, 1.807) is 43.5 Å². The molecule has 2 aromatic rings. The molecule has 0 saturated carbocycles. The summed E-state index contributed by atoms with van der Waals surface area (Å²) in [6, 6.07) is 10.5. The van der Waals surface area contributed by atoms with Gasteiger partial charge in [-0.15, -0.1) is 0 Å². The maximum Gasteiger partial charge on any atom is 0.258 e. The molecule has 3 rings (SSSR count). The summed E-state index contributed by atoms with van der Waals surface area (Å²) >= 11 is 0. The molecule has 184 valence electrons. The number of hydrogen-bond acceptors (Lipinski definition) is 5. The molecular weight excluding hydrogens is 435 g/mol. The lowest BCUT2D eigenvalue weighted by Gasteiger charge is -2.28. The van der Waals surface area contributed by atoms with Crippen molar-refractivity contribution in [2.45, 2.75) is 32.2 Å². The Bertz CT molecular complexity index is 1020. The molecule has 1 unspecified atom stereocenters. The van der Waals surface area contributed by atoms with E-state index in [-0.39, 0.29) is 11.7 Å². The molecule has 1 atom stereocenters. The average Bonchev–Trinajstić information content (AvgIpc) is 3.26. The molecule has 0 spiro atoms. The Morgan fingerprint density at radius 2 is 1.85 bits per heavy atom. The first-order chi connectivity index (χ1) is 16.4. The summed E-state index contributed by atoms with van der Waals surface area (Å²) in [7, 11) is 6.70. The molecule has 0 radical (unpaired) electrons. The maximum absolute atomic E-state index is 14.2. The van der Waals surface area contributed by atoms with Crippen molar-refractivity contribution in [3.63, 3.8) is 0 Å². The Balaban J connectivity index is 1.91. The Hall–Kier alpha value is -3.06. The molecule has 1 fully saturated rings. The van der Waals surface area contributed by atoms with Gasteiger partial charge in [0.15, 0.2) is 11.5 Å². The van der Waals surface area contributed by atoms with Crippen LogP contribution in [-0.2, 0) is 0 Å². The van der Waals surface area contributed by atoms with E-state index >= 15 is 0 Å². The first-order valence-corrected chi connectivity index (χ1v) is 11.6. The molecular formula is C27H35FN2O4. The molecule has 1 aliphatic rings. The van der Waals surface area contributed by atoms with Crippen LogP contribution in [0.2, 0.25) is 0 Å². The number of amides is 1. The van der Waals surface area contributed by atoms with Gasteiger partial charge < -0.3 is 24.0 Å². The third-order valence-corrected chi connectivity index (χ3v) is 6.37. The highest BCUT2D eigenvalue weighted by molar-refractivity contribution is 5.98. The highest BCUT2D eigenvalue weighted by Gasteiger charge is 2.27. The predicted molar refractivity (Wildman–Crippen MR) is 132 cm³/mol. The number of methoxy groups -OCH3 is 3. The molecule has 2 aromatic carbocycles. The number of likely N-dealkylation sites (tertiary alicyclic amines) is 1. The quantitative estimate of drug-likeness (QED) is 0.495. The first kappa shape index (κ1) is 25.6. The number of carbonyl (C=O) groups excluding carboxylic acids is 1. The molecule has 6 nitrogen and oxygen atoms in total. The fourth-order valence-corrected chi connectivity index (χ4v) is 4.55. The van der Waals surface area contributed by atoms with Gasteiger partial charge in [0.1, 0.15) is 5.82 Å². The lowest BCUT2D eigenvalue weighted by atomic mass is 10.1. The highest BCUT2D eigenvalue weighted by Crippen LogP contribution is 2.40. The SMILES string of the molecule is COc1ccc(C(=O)N(CCC2CCCN2C)C/C(C)=C/c2ccccc2F)c(OC)c1OC. The fraction of sp³-hybridized carbons (Fsp3) is 0.444. The van der Waals surface area contributed by atoms with Gasteiger partial charge in [-0.05, 0) is 58.0 Å². The van der Waals surface area contributed by atoms with Crippen LogP contribution in [0.15, 0.2) is 42.0 Å². The van der Waals surface area contributed by atoms with Gasteiger partial charge in [0.25, 0.3) is 5.91 Å². The van der Waals surface area contributed by atoms with Gasteiger partial charge in [-0.2, -0.15) is 0 Å². The second-order valence-corrected chi connectivity index (χ2v) is 8.69. The summed E-state index contributed by atoms with van der Waals surface area (Å²) in [6.07, 6.45) is 4.96. The van der Waals surface area contributed by atoms with E-state index in [1.165, 1.54) is 26.7 Å². The normalized spacial score (nSPS) is 16.4. The third kappa shape index (κ3) is 5.89. The van der Waals surface area contributed by atoms with Gasteiger partial charge >= 0.3 is 0 Å². The van der Waals surface area contributed by atoms with Gasteiger partial charge in [-0.25, -0.2) is 4.39 Å². The minimum Gasteiger partial charge on any atom is -0.493 e. The summed E-state index contributed by atoms with van der Waals surface area (Å²) in [6.45, 7) is 3.95. The Morgan fingerprint density at radius 3 is 2.47 bits per heavy atom. The lowest BCUT2D eigenvalue weighted by molar-refractivity contribution is 0.0753. The Morgan fingerprint density at radius 1 is 1.12 bits per heavy atom. The van der Waals surface area contributed by atoms with E-state index in [9.17, 15) is 9.18 Å². The minimum atomic E-state index is -0.283. The van der Waals surface area contributed by atoms with E-state index < -0.39 is 0 Å². The van der Waals surface area contributed by atoms with Crippen molar-refractivity contribution in [3.8, 4) is 17.2 Å². The zero-order chi connectivity index (χ0) is 24.7. The van der Waals surface area contributed by atoms with Crippen molar-refractivity contribution in [3.05, 3.63) is 58.9 Å². The fourth-order valence-electron chi connectivity index (χ4n) is 4.55. The van der Waals surface area contributed by atoms with Crippen LogP contribution in [0.1, 0.15) is 42.1 Å². The third-order valence-electron chi connectivity index (χ3n) is 6.37. The van der Waals surface area contributed by atoms with E-state index in [1.807, 2.05) is 11.8 Å². The van der Waals surface area contributed by atoms with Crippen LogP contribution < -0.4 is 14.2 Å². The van der Waals surface area contributed by atoms with Crippen LogP contribution in [0, 0.1) is 5.82 Å². The number of rotatable bonds is 10. The van der Waals surface area contributed by atoms with Crippen LogP contribution in [0.4, 0.5) is 4.39 Å². The lowest BCUT2D eigenvalue weighted by Crippen LogP contribution is -2.37. The van der Waals surface area contributed by atoms with Crippen molar-refractivity contribution in [1.29, 1.82) is 0 Å². The van der Waals surface area contributed by atoms with E-state index in [0.29, 0.717) is 47.5 Å². The Kier molecular flexibility index (Phi) is 8.93. The first-order valence-electron chi connectivity index (χ1n) is 11.6. The molecule has 0 N–H and O–H groups in total. The van der Waals surface area contributed by atoms with Crippen molar-refractivity contribution < 1.29 is 23.4 Å². The smallest absolute Gasteiger partial charge is 0.258 e.